The zero-order chi connectivity index (χ0) is 14.1. The third kappa shape index (κ3) is 2.95. The van der Waals surface area contributed by atoms with Gasteiger partial charge in [0.15, 0.2) is 20.6 Å². The van der Waals surface area contributed by atoms with Crippen molar-refractivity contribution >= 4 is 21.5 Å². The van der Waals surface area contributed by atoms with Crippen molar-refractivity contribution in [2.45, 2.75) is 51.1 Å². The number of anilines is 2. The summed E-state index contributed by atoms with van der Waals surface area (Å²) < 4.78 is 25.2. The van der Waals surface area contributed by atoms with Crippen LogP contribution in [0.4, 0.5) is 11.6 Å². The van der Waals surface area contributed by atoms with Gasteiger partial charge >= 0.3 is 0 Å². The van der Waals surface area contributed by atoms with E-state index < -0.39 is 9.84 Å². The van der Waals surface area contributed by atoms with Gasteiger partial charge in [-0.25, -0.2) is 13.1 Å². The maximum atomic E-state index is 11.8. The largest absolute Gasteiger partial charge is 0.383 e. The number of rotatable bonds is 5. The maximum absolute atomic E-state index is 11.8. The third-order valence-corrected chi connectivity index (χ3v) is 3.85. The highest BCUT2D eigenvalue weighted by Gasteiger charge is 2.25. The Morgan fingerprint density at radius 1 is 1.39 bits per heavy atom. The molecule has 0 amide bonds. The highest BCUT2D eigenvalue weighted by atomic mass is 32.2. The molecule has 0 bridgehead atoms. The van der Waals surface area contributed by atoms with Crippen molar-refractivity contribution in [2.75, 3.05) is 17.3 Å². The molecule has 1 aromatic heterocycles. The Bertz CT molecular complexity index is 519. The Hall–Kier alpha value is -1.24. The highest BCUT2D eigenvalue weighted by molar-refractivity contribution is 7.91. The van der Waals surface area contributed by atoms with E-state index in [-0.39, 0.29) is 22.8 Å². The van der Waals surface area contributed by atoms with Gasteiger partial charge in [-0.1, -0.05) is 6.92 Å². The van der Waals surface area contributed by atoms with Gasteiger partial charge in [0.25, 0.3) is 0 Å². The lowest BCUT2D eigenvalue weighted by Gasteiger charge is -2.10. The van der Waals surface area contributed by atoms with Crippen molar-refractivity contribution < 1.29 is 8.42 Å². The van der Waals surface area contributed by atoms with Gasteiger partial charge in [-0.3, -0.25) is 0 Å². The van der Waals surface area contributed by atoms with Crippen molar-refractivity contribution in [3.8, 4) is 0 Å². The van der Waals surface area contributed by atoms with E-state index in [4.69, 9.17) is 5.73 Å². The molecule has 0 aliphatic heterocycles. The third-order valence-electron chi connectivity index (χ3n) is 2.71. The first-order valence-electron chi connectivity index (χ1n) is 6.03. The van der Waals surface area contributed by atoms with E-state index in [1.54, 1.807) is 4.68 Å². The zero-order valence-electron chi connectivity index (χ0n) is 11.6. The van der Waals surface area contributed by atoms with E-state index >= 15 is 0 Å². The van der Waals surface area contributed by atoms with Crippen LogP contribution in [0.3, 0.4) is 0 Å². The van der Waals surface area contributed by atoms with Crippen LogP contribution < -0.4 is 11.1 Å². The summed E-state index contributed by atoms with van der Waals surface area (Å²) in [6, 6.07) is 0.151. The van der Waals surface area contributed by atoms with E-state index in [0.717, 1.165) is 12.7 Å². The summed E-state index contributed by atoms with van der Waals surface area (Å²) in [4.78, 5) is 0.0940. The van der Waals surface area contributed by atoms with Gasteiger partial charge in [0, 0.05) is 12.3 Å². The number of nitrogen functional groups attached to an aromatic ring is 1. The lowest BCUT2D eigenvalue weighted by Crippen LogP contribution is -2.13. The van der Waals surface area contributed by atoms with Gasteiger partial charge in [0.2, 0.25) is 0 Å². The van der Waals surface area contributed by atoms with Gasteiger partial charge < -0.3 is 11.1 Å². The van der Waals surface area contributed by atoms with Crippen LogP contribution >= 0.6 is 0 Å². The summed E-state index contributed by atoms with van der Waals surface area (Å²) in [5.41, 5.74) is 5.92. The van der Waals surface area contributed by atoms with E-state index in [0.29, 0.717) is 5.82 Å². The van der Waals surface area contributed by atoms with Gasteiger partial charge in [0.1, 0.15) is 5.82 Å². The van der Waals surface area contributed by atoms with Crippen LogP contribution in [0.15, 0.2) is 4.90 Å². The number of hydrogen-bond donors (Lipinski definition) is 2. The van der Waals surface area contributed by atoms with Crippen molar-refractivity contribution in [2.24, 2.45) is 0 Å². The SMILES string of the molecule is CCC(C)n1nc(NC(C)C)c(S(C)(=O)=O)c1N. The number of sulfone groups is 1. The lowest BCUT2D eigenvalue weighted by atomic mass is 10.3. The van der Waals surface area contributed by atoms with E-state index in [9.17, 15) is 8.42 Å². The Kier molecular flexibility index (Phi) is 4.26. The van der Waals surface area contributed by atoms with Crippen LogP contribution in [0.5, 0.6) is 0 Å². The molecule has 1 atom stereocenters. The second kappa shape index (κ2) is 5.17. The normalized spacial score (nSPS) is 13.9. The molecule has 0 aliphatic carbocycles. The molecule has 1 rings (SSSR count). The van der Waals surface area contributed by atoms with Crippen molar-refractivity contribution in [3.05, 3.63) is 0 Å². The van der Waals surface area contributed by atoms with E-state index in [1.807, 2.05) is 27.7 Å². The van der Waals surface area contributed by atoms with Gasteiger partial charge in [-0.05, 0) is 27.2 Å². The first-order chi connectivity index (χ1) is 8.18. The fourth-order valence-electron chi connectivity index (χ4n) is 1.67. The van der Waals surface area contributed by atoms with Crippen LogP contribution in [-0.2, 0) is 9.84 Å². The standard InChI is InChI=1S/C11H22N4O2S/c1-6-8(4)15-10(12)9(18(5,16)17)11(14-15)13-7(2)3/h7-8H,6,12H2,1-5H3,(H,13,14). The molecule has 1 heterocycles. The molecule has 0 saturated heterocycles. The number of nitrogens with zero attached hydrogens (tertiary/aromatic N) is 2. The Morgan fingerprint density at radius 3 is 2.33 bits per heavy atom. The maximum Gasteiger partial charge on any atom is 0.182 e. The molecule has 7 heteroatoms. The molecule has 0 fully saturated rings. The molecule has 1 unspecified atom stereocenters. The predicted molar refractivity (Wildman–Crippen MR) is 73.5 cm³/mol. The Balaban J connectivity index is 3.41. The Morgan fingerprint density at radius 2 is 1.94 bits per heavy atom. The van der Waals surface area contributed by atoms with Crippen molar-refractivity contribution in [3.63, 3.8) is 0 Å². The highest BCUT2D eigenvalue weighted by Crippen LogP contribution is 2.30. The van der Waals surface area contributed by atoms with Crippen LogP contribution in [0.1, 0.15) is 40.2 Å². The number of aromatic nitrogens is 2. The summed E-state index contributed by atoms with van der Waals surface area (Å²) in [5.74, 6) is 0.542. The lowest BCUT2D eigenvalue weighted by molar-refractivity contribution is 0.485. The molecule has 3 N–H and O–H groups in total. The van der Waals surface area contributed by atoms with Gasteiger partial charge in [-0.15, -0.1) is 0 Å². The fourth-order valence-corrected chi connectivity index (χ4v) is 2.60. The van der Waals surface area contributed by atoms with Crippen LogP contribution in [0.2, 0.25) is 0 Å². The molecular formula is C11H22N4O2S. The number of nitrogens with one attached hydrogen (secondary N) is 1. The molecule has 0 spiro atoms. The topological polar surface area (TPSA) is 90.0 Å². The molecule has 0 aliphatic rings. The number of nitrogens with two attached hydrogens (primary N) is 1. The molecule has 0 saturated carbocycles. The fraction of sp³-hybridized carbons (Fsp3) is 0.727. The number of hydrogen-bond acceptors (Lipinski definition) is 5. The summed E-state index contributed by atoms with van der Waals surface area (Å²) in [5, 5.41) is 7.32. The summed E-state index contributed by atoms with van der Waals surface area (Å²) in [6.45, 7) is 7.80. The first kappa shape index (κ1) is 14.8. The predicted octanol–water partition coefficient (Wildman–Crippen LogP) is 1.66. The summed E-state index contributed by atoms with van der Waals surface area (Å²) in [7, 11) is -3.40. The minimum absolute atomic E-state index is 0.0632. The minimum Gasteiger partial charge on any atom is -0.383 e. The van der Waals surface area contributed by atoms with Crippen LogP contribution in [0.25, 0.3) is 0 Å². The monoisotopic (exact) mass is 274 g/mol. The second-order valence-corrected chi connectivity index (χ2v) is 6.79. The molecule has 18 heavy (non-hydrogen) atoms. The second-order valence-electron chi connectivity index (χ2n) is 4.84. The Labute approximate surface area is 108 Å². The quantitative estimate of drug-likeness (QED) is 0.852. The molecular weight excluding hydrogens is 252 g/mol. The van der Waals surface area contributed by atoms with Crippen molar-refractivity contribution in [1.29, 1.82) is 0 Å². The zero-order valence-corrected chi connectivity index (χ0v) is 12.4. The average molecular weight is 274 g/mol. The van der Waals surface area contributed by atoms with Crippen LogP contribution in [-0.4, -0.2) is 30.5 Å². The van der Waals surface area contributed by atoms with E-state index in [2.05, 4.69) is 10.4 Å². The summed E-state index contributed by atoms with van der Waals surface area (Å²) >= 11 is 0. The molecule has 0 radical (unpaired) electrons. The van der Waals surface area contributed by atoms with Gasteiger partial charge in [0.05, 0.1) is 6.04 Å². The minimum atomic E-state index is -3.40. The molecule has 6 nitrogen and oxygen atoms in total. The van der Waals surface area contributed by atoms with Crippen LogP contribution in [0, 0.1) is 0 Å². The first-order valence-corrected chi connectivity index (χ1v) is 7.92. The average Bonchev–Trinajstić information content (AvgIpc) is 2.52. The smallest absolute Gasteiger partial charge is 0.182 e. The summed E-state index contributed by atoms with van der Waals surface area (Å²) in [6.07, 6.45) is 1.98. The molecule has 1 aromatic rings. The van der Waals surface area contributed by atoms with Gasteiger partial charge in [-0.2, -0.15) is 5.10 Å². The molecule has 104 valence electrons. The van der Waals surface area contributed by atoms with Crippen molar-refractivity contribution in [1.82, 2.24) is 9.78 Å². The molecule has 0 aromatic carbocycles. The van der Waals surface area contributed by atoms with E-state index in [1.165, 1.54) is 0 Å².